The highest BCUT2D eigenvalue weighted by Gasteiger charge is 2.20. The Labute approximate surface area is 170 Å². The van der Waals surface area contributed by atoms with Gasteiger partial charge in [-0.25, -0.2) is 17.2 Å². The summed E-state index contributed by atoms with van der Waals surface area (Å²) in [6.45, 7) is 0. The van der Waals surface area contributed by atoms with E-state index < -0.39 is 26.6 Å². The number of hydrogen-bond donors (Lipinski definition) is 1. The Kier molecular flexibility index (Phi) is 5.15. The first-order valence-electron chi connectivity index (χ1n) is 8.64. The lowest BCUT2D eigenvalue weighted by Crippen LogP contribution is -2.14. The predicted octanol–water partition coefficient (Wildman–Crippen LogP) is 4.14. The number of hydrogen-bond acceptors (Lipinski definition) is 5. The van der Waals surface area contributed by atoms with Gasteiger partial charge in [0.05, 0.1) is 0 Å². The fourth-order valence-electron chi connectivity index (χ4n) is 2.60. The summed E-state index contributed by atoms with van der Waals surface area (Å²) in [5, 5.41) is 8.05. The SMILES string of the molecule is O=S(=O)(Nc1ccc(Oc2ccc(-n3cccc3)nn2)cc1)c1cc(F)ccc1F. The fourth-order valence-corrected chi connectivity index (χ4v) is 3.75. The number of nitrogens with one attached hydrogen (secondary N) is 1. The van der Waals surface area contributed by atoms with Crippen LogP contribution in [-0.2, 0) is 10.0 Å². The van der Waals surface area contributed by atoms with Crippen LogP contribution in [0.5, 0.6) is 11.6 Å². The highest BCUT2D eigenvalue weighted by molar-refractivity contribution is 7.92. The van der Waals surface area contributed by atoms with Crippen LogP contribution in [0.1, 0.15) is 0 Å². The molecule has 2 aromatic heterocycles. The van der Waals surface area contributed by atoms with Crippen molar-refractivity contribution in [3.63, 3.8) is 0 Å². The van der Waals surface area contributed by atoms with Crippen molar-refractivity contribution < 1.29 is 21.9 Å². The Morgan fingerprint density at radius 2 is 1.63 bits per heavy atom. The van der Waals surface area contributed by atoms with E-state index in [0.717, 1.165) is 12.1 Å². The number of sulfonamides is 1. The van der Waals surface area contributed by atoms with Crippen LogP contribution < -0.4 is 9.46 Å². The molecule has 0 bridgehead atoms. The van der Waals surface area contributed by atoms with Gasteiger partial charge >= 0.3 is 0 Å². The molecule has 0 aliphatic carbocycles. The van der Waals surface area contributed by atoms with E-state index in [-0.39, 0.29) is 11.6 Å². The first-order valence-corrected chi connectivity index (χ1v) is 10.1. The second-order valence-electron chi connectivity index (χ2n) is 6.13. The molecule has 2 heterocycles. The summed E-state index contributed by atoms with van der Waals surface area (Å²) in [5.41, 5.74) is 0.153. The minimum atomic E-state index is -4.30. The van der Waals surface area contributed by atoms with E-state index >= 15 is 0 Å². The van der Waals surface area contributed by atoms with Crippen LogP contribution in [0.3, 0.4) is 0 Å². The second kappa shape index (κ2) is 7.91. The summed E-state index contributed by atoms with van der Waals surface area (Å²) in [5.74, 6) is -0.643. The van der Waals surface area contributed by atoms with E-state index in [2.05, 4.69) is 14.9 Å². The van der Waals surface area contributed by atoms with Gasteiger partial charge in [-0.1, -0.05) is 0 Å². The molecule has 0 saturated heterocycles. The number of ether oxygens (including phenoxy) is 1. The van der Waals surface area contributed by atoms with Crippen LogP contribution in [-0.4, -0.2) is 23.2 Å². The molecule has 4 aromatic rings. The molecule has 0 saturated carbocycles. The number of anilines is 1. The molecular formula is C20H14F2N4O3S. The van der Waals surface area contributed by atoms with Gasteiger partial charge in [0.25, 0.3) is 10.0 Å². The van der Waals surface area contributed by atoms with E-state index in [1.54, 1.807) is 16.7 Å². The Bertz CT molecular complexity index is 1260. The van der Waals surface area contributed by atoms with Crippen molar-refractivity contribution in [2.45, 2.75) is 4.90 Å². The number of aromatic nitrogens is 3. The summed E-state index contributed by atoms with van der Waals surface area (Å²) in [6, 6.07) is 15.2. The standard InChI is InChI=1S/C20H14F2N4O3S/c21-14-3-8-17(22)18(13-14)30(27,28)25-15-4-6-16(7-5-15)29-20-10-9-19(23-24-20)26-11-1-2-12-26/h1-13,25H. The third kappa shape index (κ3) is 4.28. The molecule has 30 heavy (non-hydrogen) atoms. The molecule has 0 amide bonds. The van der Waals surface area contributed by atoms with Gasteiger partial charge in [0, 0.05) is 24.1 Å². The zero-order valence-electron chi connectivity index (χ0n) is 15.2. The van der Waals surface area contributed by atoms with Crippen LogP contribution in [0.2, 0.25) is 0 Å². The molecule has 0 unspecified atom stereocenters. The molecule has 0 aliphatic rings. The van der Waals surface area contributed by atoms with Gasteiger partial charge in [0.1, 0.15) is 22.3 Å². The van der Waals surface area contributed by atoms with E-state index in [4.69, 9.17) is 4.74 Å². The highest BCUT2D eigenvalue weighted by atomic mass is 32.2. The maximum absolute atomic E-state index is 13.8. The molecule has 0 fully saturated rings. The monoisotopic (exact) mass is 428 g/mol. The lowest BCUT2D eigenvalue weighted by atomic mass is 10.3. The highest BCUT2D eigenvalue weighted by Crippen LogP contribution is 2.24. The van der Waals surface area contributed by atoms with Gasteiger partial charge in [-0.15, -0.1) is 10.2 Å². The number of benzene rings is 2. The number of rotatable bonds is 6. The van der Waals surface area contributed by atoms with Crippen molar-refractivity contribution in [2.24, 2.45) is 0 Å². The molecule has 1 N–H and O–H groups in total. The van der Waals surface area contributed by atoms with Crippen molar-refractivity contribution in [3.8, 4) is 17.4 Å². The first kappa shape index (κ1) is 19.5. The second-order valence-corrected chi connectivity index (χ2v) is 7.78. The van der Waals surface area contributed by atoms with Crippen LogP contribution in [0.25, 0.3) is 5.82 Å². The molecule has 0 atom stereocenters. The van der Waals surface area contributed by atoms with Crippen molar-refractivity contribution in [3.05, 3.63) is 90.8 Å². The summed E-state index contributed by atoms with van der Waals surface area (Å²) in [7, 11) is -4.30. The Morgan fingerprint density at radius 1 is 0.900 bits per heavy atom. The van der Waals surface area contributed by atoms with E-state index in [9.17, 15) is 17.2 Å². The smallest absolute Gasteiger partial charge is 0.264 e. The van der Waals surface area contributed by atoms with E-state index in [0.29, 0.717) is 17.6 Å². The van der Waals surface area contributed by atoms with Gasteiger partial charge in [0.15, 0.2) is 5.82 Å². The van der Waals surface area contributed by atoms with Gasteiger partial charge in [-0.3, -0.25) is 4.72 Å². The van der Waals surface area contributed by atoms with Crippen molar-refractivity contribution in [1.29, 1.82) is 0 Å². The third-order valence-electron chi connectivity index (χ3n) is 4.01. The van der Waals surface area contributed by atoms with Gasteiger partial charge in [-0.2, -0.15) is 0 Å². The minimum absolute atomic E-state index is 0.153. The molecule has 7 nitrogen and oxygen atoms in total. The molecule has 10 heteroatoms. The maximum atomic E-state index is 13.8. The van der Waals surface area contributed by atoms with Gasteiger partial charge in [0.2, 0.25) is 5.88 Å². The minimum Gasteiger partial charge on any atom is -0.438 e. The van der Waals surface area contributed by atoms with Crippen LogP contribution in [0.15, 0.2) is 84.0 Å². The summed E-state index contributed by atoms with van der Waals surface area (Å²) in [6.07, 6.45) is 3.67. The largest absolute Gasteiger partial charge is 0.438 e. The topological polar surface area (TPSA) is 86.1 Å². The molecule has 2 aromatic carbocycles. The Morgan fingerprint density at radius 3 is 2.30 bits per heavy atom. The predicted molar refractivity (Wildman–Crippen MR) is 105 cm³/mol. The lowest BCUT2D eigenvalue weighted by Gasteiger charge is -2.10. The molecule has 4 rings (SSSR count). The van der Waals surface area contributed by atoms with Crippen LogP contribution in [0, 0.1) is 11.6 Å². The fraction of sp³-hybridized carbons (Fsp3) is 0. The Balaban J connectivity index is 1.46. The lowest BCUT2D eigenvalue weighted by molar-refractivity contribution is 0.454. The van der Waals surface area contributed by atoms with Gasteiger partial charge < -0.3 is 9.30 Å². The van der Waals surface area contributed by atoms with Crippen LogP contribution >= 0.6 is 0 Å². The molecule has 0 radical (unpaired) electrons. The van der Waals surface area contributed by atoms with E-state index in [1.165, 1.54) is 24.3 Å². The maximum Gasteiger partial charge on any atom is 0.264 e. The average Bonchev–Trinajstić information content (AvgIpc) is 3.26. The molecular weight excluding hydrogens is 414 g/mol. The quantitative estimate of drug-likeness (QED) is 0.499. The van der Waals surface area contributed by atoms with Crippen LogP contribution in [0.4, 0.5) is 14.5 Å². The number of halogens is 2. The average molecular weight is 428 g/mol. The normalized spacial score (nSPS) is 11.3. The summed E-state index contributed by atoms with van der Waals surface area (Å²) in [4.78, 5) is -0.777. The Hall–Kier alpha value is -3.79. The molecule has 0 aliphatic heterocycles. The van der Waals surface area contributed by atoms with Crippen molar-refractivity contribution in [1.82, 2.24) is 14.8 Å². The summed E-state index contributed by atoms with van der Waals surface area (Å²) >= 11 is 0. The molecule has 152 valence electrons. The first-order chi connectivity index (χ1) is 14.4. The third-order valence-corrected chi connectivity index (χ3v) is 5.40. The summed E-state index contributed by atoms with van der Waals surface area (Å²) < 4.78 is 61.3. The zero-order valence-corrected chi connectivity index (χ0v) is 16.1. The molecule has 0 spiro atoms. The zero-order chi connectivity index (χ0) is 21.1. The van der Waals surface area contributed by atoms with Crippen molar-refractivity contribution in [2.75, 3.05) is 4.72 Å². The van der Waals surface area contributed by atoms with Crippen molar-refractivity contribution >= 4 is 15.7 Å². The van der Waals surface area contributed by atoms with E-state index in [1.807, 2.05) is 24.5 Å². The van der Waals surface area contributed by atoms with Gasteiger partial charge in [-0.05, 0) is 60.7 Å². The number of nitrogens with zero attached hydrogens (tertiary/aromatic N) is 3.